The summed E-state index contributed by atoms with van der Waals surface area (Å²) in [5.41, 5.74) is 1.59. The fourth-order valence-corrected chi connectivity index (χ4v) is 4.27. The molecule has 0 atom stereocenters. The van der Waals surface area contributed by atoms with Crippen LogP contribution in [-0.4, -0.2) is 43.4 Å². The summed E-state index contributed by atoms with van der Waals surface area (Å²) in [6.07, 6.45) is 1.54. The number of aromatic nitrogens is 2. The van der Waals surface area contributed by atoms with Crippen molar-refractivity contribution < 1.29 is 14.3 Å². The zero-order valence-electron chi connectivity index (χ0n) is 17.0. The van der Waals surface area contributed by atoms with Crippen LogP contribution in [0, 0.1) is 5.92 Å². The molecular weight excluding hydrogens is 400 g/mol. The van der Waals surface area contributed by atoms with E-state index in [2.05, 4.69) is 20.4 Å². The van der Waals surface area contributed by atoms with E-state index in [1.165, 1.54) is 0 Å². The van der Waals surface area contributed by atoms with Crippen molar-refractivity contribution >= 4 is 28.7 Å². The van der Waals surface area contributed by atoms with Crippen LogP contribution in [0.3, 0.4) is 0 Å². The fraction of sp³-hybridized carbons (Fsp3) is 0.318. The first-order chi connectivity index (χ1) is 14.7. The minimum Gasteiger partial charge on any atom is -0.493 e. The van der Waals surface area contributed by atoms with Crippen molar-refractivity contribution in [3.63, 3.8) is 0 Å². The average Bonchev–Trinajstić information content (AvgIpc) is 3.34. The van der Waals surface area contributed by atoms with Gasteiger partial charge in [-0.1, -0.05) is 6.07 Å². The van der Waals surface area contributed by atoms with Crippen LogP contribution < -0.4 is 19.7 Å². The van der Waals surface area contributed by atoms with Crippen molar-refractivity contribution in [2.75, 3.05) is 37.5 Å². The SMILES string of the molecule is COc1ccc(NC(=O)C2CCN(c3ccc(-c4cccs4)nn3)CC2)cc1OC. The lowest BCUT2D eigenvalue weighted by Crippen LogP contribution is -2.38. The van der Waals surface area contributed by atoms with Crippen molar-refractivity contribution in [2.45, 2.75) is 12.8 Å². The summed E-state index contributed by atoms with van der Waals surface area (Å²) in [5, 5.41) is 13.8. The molecule has 1 fully saturated rings. The number of rotatable bonds is 6. The summed E-state index contributed by atoms with van der Waals surface area (Å²) in [7, 11) is 3.17. The third-order valence-electron chi connectivity index (χ3n) is 5.26. The lowest BCUT2D eigenvalue weighted by atomic mass is 9.95. The molecule has 1 aliphatic rings. The third kappa shape index (κ3) is 4.38. The van der Waals surface area contributed by atoms with E-state index in [-0.39, 0.29) is 11.8 Å². The summed E-state index contributed by atoms with van der Waals surface area (Å²) in [4.78, 5) is 16.0. The monoisotopic (exact) mass is 424 g/mol. The third-order valence-corrected chi connectivity index (χ3v) is 6.16. The molecule has 2 aromatic heterocycles. The second-order valence-corrected chi connectivity index (χ2v) is 8.02. The first-order valence-electron chi connectivity index (χ1n) is 9.83. The number of carbonyl (C=O) groups excluding carboxylic acids is 1. The van der Waals surface area contributed by atoms with Gasteiger partial charge in [0, 0.05) is 30.8 Å². The molecule has 1 aromatic carbocycles. The zero-order chi connectivity index (χ0) is 20.9. The van der Waals surface area contributed by atoms with E-state index in [1.54, 1.807) is 37.7 Å². The smallest absolute Gasteiger partial charge is 0.227 e. The van der Waals surface area contributed by atoms with Gasteiger partial charge in [-0.3, -0.25) is 4.79 Å². The first kappa shape index (κ1) is 20.2. The van der Waals surface area contributed by atoms with Gasteiger partial charge in [0.1, 0.15) is 5.69 Å². The van der Waals surface area contributed by atoms with Crippen molar-refractivity contribution in [1.29, 1.82) is 0 Å². The van der Waals surface area contributed by atoms with E-state index >= 15 is 0 Å². The maximum Gasteiger partial charge on any atom is 0.227 e. The van der Waals surface area contributed by atoms with Gasteiger partial charge in [-0.25, -0.2) is 0 Å². The van der Waals surface area contributed by atoms with Gasteiger partial charge in [0.2, 0.25) is 5.91 Å². The van der Waals surface area contributed by atoms with Crippen LogP contribution in [0.15, 0.2) is 47.8 Å². The number of nitrogens with zero attached hydrogens (tertiary/aromatic N) is 3. The van der Waals surface area contributed by atoms with Gasteiger partial charge < -0.3 is 19.7 Å². The van der Waals surface area contributed by atoms with E-state index < -0.39 is 0 Å². The highest BCUT2D eigenvalue weighted by Gasteiger charge is 2.26. The largest absolute Gasteiger partial charge is 0.493 e. The Balaban J connectivity index is 1.33. The Morgan fingerprint density at radius 1 is 1.07 bits per heavy atom. The Kier molecular flexibility index (Phi) is 6.13. The molecule has 0 radical (unpaired) electrons. The number of carbonyl (C=O) groups is 1. The molecule has 1 aliphatic heterocycles. The molecule has 1 N–H and O–H groups in total. The number of nitrogens with one attached hydrogen (secondary N) is 1. The molecule has 0 bridgehead atoms. The van der Waals surface area contributed by atoms with Crippen LogP contribution >= 0.6 is 11.3 Å². The van der Waals surface area contributed by atoms with E-state index in [1.807, 2.05) is 35.7 Å². The first-order valence-corrected chi connectivity index (χ1v) is 10.7. The summed E-state index contributed by atoms with van der Waals surface area (Å²) >= 11 is 1.65. The highest BCUT2D eigenvalue weighted by Crippen LogP contribution is 2.31. The number of methoxy groups -OCH3 is 2. The molecule has 30 heavy (non-hydrogen) atoms. The Hall–Kier alpha value is -3.13. The van der Waals surface area contributed by atoms with E-state index in [0.29, 0.717) is 17.2 Å². The molecule has 0 unspecified atom stereocenters. The Morgan fingerprint density at radius 3 is 2.50 bits per heavy atom. The Labute approximate surface area is 179 Å². The Morgan fingerprint density at radius 2 is 1.87 bits per heavy atom. The van der Waals surface area contributed by atoms with E-state index in [4.69, 9.17) is 9.47 Å². The standard InChI is InChI=1S/C22H24N4O3S/c1-28-18-7-5-16(14-19(18)29-2)23-22(27)15-9-11-26(12-10-15)21-8-6-17(24-25-21)20-4-3-13-30-20/h3-8,13-15H,9-12H2,1-2H3,(H,23,27). The Bertz CT molecular complexity index is 984. The van der Waals surface area contributed by atoms with E-state index in [0.717, 1.165) is 42.3 Å². The van der Waals surface area contributed by atoms with Crippen LogP contribution in [0.25, 0.3) is 10.6 Å². The molecule has 0 spiro atoms. The summed E-state index contributed by atoms with van der Waals surface area (Å²) in [6.45, 7) is 1.55. The second-order valence-electron chi connectivity index (χ2n) is 7.07. The molecule has 0 aliphatic carbocycles. The summed E-state index contributed by atoms with van der Waals surface area (Å²) < 4.78 is 10.5. The number of anilines is 2. The lowest BCUT2D eigenvalue weighted by Gasteiger charge is -2.31. The second kappa shape index (κ2) is 9.13. The number of ether oxygens (including phenoxy) is 2. The van der Waals surface area contributed by atoms with Crippen LogP contribution in [0.4, 0.5) is 11.5 Å². The normalized spacial score (nSPS) is 14.4. The maximum absolute atomic E-state index is 12.7. The van der Waals surface area contributed by atoms with Crippen molar-refractivity contribution in [3.05, 3.63) is 47.8 Å². The molecule has 1 amide bonds. The minimum absolute atomic E-state index is 0.0287. The molecule has 3 aromatic rings. The van der Waals surface area contributed by atoms with Gasteiger partial charge in [-0.15, -0.1) is 21.5 Å². The van der Waals surface area contributed by atoms with Gasteiger partial charge >= 0.3 is 0 Å². The number of hydrogen-bond acceptors (Lipinski definition) is 7. The average molecular weight is 425 g/mol. The quantitative estimate of drug-likeness (QED) is 0.643. The predicted octanol–water partition coefficient (Wildman–Crippen LogP) is 4.08. The molecule has 156 valence electrons. The number of hydrogen-bond donors (Lipinski definition) is 1. The highest BCUT2D eigenvalue weighted by molar-refractivity contribution is 7.13. The van der Waals surface area contributed by atoms with Gasteiger partial charge in [0.25, 0.3) is 0 Å². The van der Waals surface area contributed by atoms with Gasteiger partial charge in [0.05, 0.1) is 19.1 Å². The molecular formula is C22H24N4O3S. The molecule has 4 rings (SSSR count). The van der Waals surface area contributed by atoms with Crippen LogP contribution in [0.5, 0.6) is 11.5 Å². The number of thiophene rings is 1. The van der Waals surface area contributed by atoms with Crippen molar-refractivity contribution in [3.8, 4) is 22.1 Å². The molecule has 0 saturated carbocycles. The lowest BCUT2D eigenvalue weighted by molar-refractivity contribution is -0.120. The summed E-state index contributed by atoms with van der Waals surface area (Å²) in [6, 6.07) is 13.4. The highest BCUT2D eigenvalue weighted by atomic mass is 32.1. The van der Waals surface area contributed by atoms with Crippen LogP contribution in [0.2, 0.25) is 0 Å². The van der Waals surface area contributed by atoms with Crippen LogP contribution in [-0.2, 0) is 4.79 Å². The van der Waals surface area contributed by atoms with Gasteiger partial charge in [-0.2, -0.15) is 0 Å². The minimum atomic E-state index is -0.0345. The van der Waals surface area contributed by atoms with Gasteiger partial charge in [0.15, 0.2) is 17.3 Å². The molecule has 7 nitrogen and oxygen atoms in total. The fourth-order valence-electron chi connectivity index (χ4n) is 3.58. The van der Waals surface area contributed by atoms with Crippen molar-refractivity contribution in [1.82, 2.24) is 10.2 Å². The van der Waals surface area contributed by atoms with E-state index in [9.17, 15) is 4.79 Å². The topological polar surface area (TPSA) is 76.6 Å². The number of piperidine rings is 1. The summed E-state index contributed by atoms with van der Waals surface area (Å²) in [5.74, 6) is 2.08. The number of benzene rings is 1. The zero-order valence-corrected chi connectivity index (χ0v) is 17.8. The predicted molar refractivity (Wildman–Crippen MR) is 118 cm³/mol. The van der Waals surface area contributed by atoms with Gasteiger partial charge in [-0.05, 0) is 48.6 Å². The molecule has 3 heterocycles. The number of amides is 1. The van der Waals surface area contributed by atoms with Crippen molar-refractivity contribution in [2.24, 2.45) is 5.92 Å². The molecule has 1 saturated heterocycles. The maximum atomic E-state index is 12.7. The molecule has 8 heteroatoms. The van der Waals surface area contributed by atoms with Crippen LogP contribution in [0.1, 0.15) is 12.8 Å².